The minimum atomic E-state index is -1.58. The standard InChI is InChI=1S/C21H26O7/c1-2-21(20(25)19(24)18(23)17(12-22)28-21)27-16-10-8-15(9-11-16)26-13-14-6-4-3-5-7-14/h3-11,17-20,22-25H,2,12-13H2,1H3/t17-,18-,19+,20-,21-/m1/s1. The maximum Gasteiger partial charge on any atom is 0.239 e. The van der Waals surface area contributed by atoms with Crippen LogP contribution in [0.25, 0.3) is 0 Å². The molecule has 7 nitrogen and oxygen atoms in total. The molecule has 152 valence electrons. The van der Waals surface area contributed by atoms with Crippen molar-refractivity contribution in [1.82, 2.24) is 0 Å². The second-order valence-corrected chi connectivity index (χ2v) is 6.78. The van der Waals surface area contributed by atoms with Gasteiger partial charge in [0.1, 0.15) is 42.5 Å². The molecule has 0 unspecified atom stereocenters. The van der Waals surface area contributed by atoms with E-state index < -0.39 is 36.8 Å². The Labute approximate surface area is 163 Å². The first-order valence-electron chi connectivity index (χ1n) is 9.27. The van der Waals surface area contributed by atoms with Gasteiger partial charge in [-0.2, -0.15) is 0 Å². The van der Waals surface area contributed by atoms with Crippen LogP contribution in [0, 0.1) is 0 Å². The Balaban J connectivity index is 1.69. The van der Waals surface area contributed by atoms with Crippen molar-refractivity contribution in [2.45, 2.75) is 50.2 Å². The average Bonchev–Trinajstić information content (AvgIpc) is 2.74. The van der Waals surface area contributed by atoms with Crippen LogP contribution in [0.2, 0.25) is 0 Å². The maximum absolute atomic E-state index is 10.4. The Morgan fingerprint density at radius 3 is 2.18 bits per heavy atom. The number of hydrogen-bond acceptors (Lipinski definition) is 7. The van der Waals surface area contributed by atoms with Gasteiger partial charge in [0.2, 0.25) is 5.79 Å². The van der Waals surface area contributed by atoms with Gasteiger partial charge in [-0.05, 0) is 29.8 Å². The smallest absolute Gasteiger partial charge is 0.239 e. The predicted molar refractivity (Wildman–Crippen MR) is 101 cm³/mol. The molecule has 0 amide bonds. The van der Waals surface area contributed by atoms with E-state index in [1.807, 2.05) is 30.3 Å². The molecule has 1 fully saturated rings. The lowest BCUT2D eigenvalue weighted by Crippen LogP contribution is -2.67. The molecule has 0 saturated carbocycles. The monoisotopic (exact) mass is 390 g/mol. The van der Waals surface area contributed by atoms with Gasteiger partial charge < -0.3 is 34.6 Å². The second kappa shape index (κ2) is 8.89. The number of aliphatic hydroxyl groups is 4. The number of rotatable bonds is 7. The zero-order valence-electron chi connectivity index (χ0n) is 15.6. The summed E-state index contributed by atoms with van der Waals surface area (Å²) in [6.07, 6.45) is -5.26. The van der Waals surface area contributed by atoms with Crippen molar-refractivity contribution < 1.29 is 34.6 Å². The minimum absolute atomic E-state index is 0.195. The summed E-state index contributed by atoms with van der Waals surface area (Å²) in [5.74, 6) is -0.540. The van der Waals surface area contributed by atoms with Crippen LogP contribution in [0.3, 0.4) is 0 Å². The molecule has 1 heterocycles. The summed E-state index contributed by atoms with van der Waals surface area (Å²) in [6, 6.07) is 16.6. The SMILES string of the molecule is CC[C@@]1(Oc2ccc(OCc3ccccc3)cc2)O[C@H](CO)[C@@H](O)[C@H](O)[C@H]1O. The van der Waals surface area contributed by atoms with E-state index in [9.17, 15) is 20.4 Å². The van der Waals surface area contributed by atoms with Crippen molar-refractivity contribution in [1.29, 1.82) is 0 Å². The van der Waals surface area contributed by atoms with Crippen LogP contribution < -0.4 is 9.47 Å². The van der Waals surface area contributed by atoms with Gasteiger partial charge in [-0.15, -0.1) is 0 Å². The van der Waals surface area contributed by atoms with Gasteiger partial charge in [0.25, 0.3) is 0 Å². The molecule has 1 aliphatic rings. The van der Waals surface area contributed by atoms with Crippen molar-refractivity contribution >= 4 is 0 Å². The Morgan fingerprint density at radius 1 is 0.929 bits per heavy atom. The molecule has 28 heavy (non-hydrogen) atoms. The molecule has 2 aromatic carbocycles. The van der Waals surface area contributed by atoms with Crippen LogP contribution in [0.15, 0.2) is 54.6 Å². The summed E-state index contributed by atoms with van der Waals surface area (Å²) in [5.41, 5.74) is 1.05. The fourth-order valence-corrected chi connectivity index (χ4v) is 3.20. The lowest BCUT2D eigenvalue weighted by Gasteiger charge is -2.47. The summed E-state index contributed by atoms with van der Waals surface area (Å²) in [5, 5.41) is 39.9. The number of hydrogen-bond donors (Lipinski definition) is 4. The van der Waals surface area contributed by atoms with Gasteiger partial charge in [-0.25, -0.2) is 0 Å². The molecule has 0 aromatic heterocycles. The fraction of sp³-hybridized carbons (Fsp3) is 0.429. The average molecular weight is 390 g/mol. The van der Waals surface area contributed by atoms with E-state index in [2.05, 4.69) is 0 Å². The highest BCUT2D eigenvalue weighted by Gasteiger charge is 2.54. The third-order valence-electron chi connectivity index (χ3n) is 4.89. The van der Waals surface area contributed by atoms with E-state index >= 15 is 0 Å². The Morgan fingerprint density at radius 2 is 1.57 bits per heavy atom. The van der Waals surface area contributed by atoms with Crippen molar-refractivity contribution in [3.05, 3.63) is 60.2 Å². The van der Waals surface area contributed by atoms with E-state index in [0.717, 1.165) is 5.56 Å². The van der Waals surface area contributed by atoms with E-state index in [0.29, 0.717) is 18.1 Å². The lowest BCUT2D eigenvalue weighted by molar-refractivity contribution is -0.338. The molecule has 0 spiro atoms. The number of aliphatic hydroxyl groups excluding tert-OH is 4. The Bertz CT molecular complexity index is 734. The molecular weight excluding hydrogens is 364 g/mol. The van der Waals surface area contributed by atoms with E-state index in [1.165, 1.54) is 0 Å². The van der Waals surface area contributed by atoms with Gasteiger partial charge in [0.05, 0.1) is 6.61 Å². The van der Waals surface area contributed by atoms with Crippen LogP contribution in [0.5, 0.6) is 11.5 Å². The summed E-state index contributed by atoms with van der Waals surface area (Å²) in [4.78, 5) is 0. The zero-order valence-corrected chi connectivity index (χ0v) is 15.6. The van der Waals surface area contributed by atoms with Crippen molar-refractivity contribution in [3.63, 3.8) is 0 Å². The molecular formula is C21H26O7. The first kappa shape index (κ1) is 20.6. The van der Waals surface area contributed by atoms with E-state index in [4.69, 9.17) is 14.2 Å². The Kier molecular flexibility index (Phi) is 6.53. The van der Waals surface area contributed by atoms with E-state index in [1.54, 1.807) is 31.2 Å². The molecule has 5 atom stereocenters. The van der Waals surface area contributed by atoms with Gasteiger partial charge in [-0.1, -0.05) is 37.3 Å². The van der Waals surface area contributed by atoms with Gasteiger partial charge in [0.15, 0.2) is 0 Å². The van der Waals surface area contributed by atoms with Crippen LogP contribution in [-0.2, 0) is 11.3 Å². The van der Waals surface area contributed by atoms with Crippen LogP contribution in [-0.4, -0.2) is 57.2 Å². The highest BCUT2D eigenvalue weighted by Crippen LogP contribution is 2.35. The normalized spacial score (nSPS) is 30.0. The maximum atomic E-state index is 10.4. The predicted octanol–water partition coefficient (Wildman–Crippen LogP) is 1.22. The lowest BCUT2D eigenvalue weighted by atomic mass is 9.91. The summed E-state index contributed by atoms with van der Waals surface area (Å²) >= 11 is 0. The topological polar surface area (TPSA) is 109 Å². The number of benzene rings is 2. The van der Waals surface area contributed by atoms with Crippen molar-refractivity contribution in [3.8, 4) is 11.5 Å². The first-order chi connectivity index (χ1) is 13.5. The minimum Gasteiger partial charge on any atom is -0.489 e. The molecule has 0 aliphatic carbocycles. The fourth-order valence-electron chi connectivity index (χ4n) is 3.20. The molecule has 1 saturated heterocycles. The van der Waals surface area contributed by atoms with E-state index in [-0.39, 0.29) is 6.42 Å². The molecule has 4 N–H and O–H groups in total. The summed E-state index contributed by atoms with van der Waals surface area (Å²) < 4.78 is 17.2. The molecule has 2 aromatic rings. The largest absolute Gasteiger partial charge is 0.489 e. The third kappa shape index (κ3) is 4.29. The summed E-state index contributed by atoms with van der Waals surface area (Å²) in [6.45, 7) is 1.64. The van der Waals surface area contributed by atoms with Crippen molar-refractivity contribution in [2.75, 3.05) is 6.61 Å². The van der Waals surface area contributed by atoms with Gasteiger partial charge >= 0.3 is 0 Å². The summed E-state index contributed by atoms with van der Waals surface area (Å²) in [7, 11) is 0. The quantitative estimate of drug-likeness (QED) is 0.563. The molecule has 3 rings (SSSR count). The zero-order chi connectivity index (χ0) is 20.1. The molecule has 0 radical (unpaired) electrons. The Hall–Kier alpha value is -2.16. The molecule has 0 bridgehead atoms. The van der Waals surface area contributed by atoms with Gasteiger partial charge in [0, 0.05) is 6.42 Å². The first-order valence-corrected chi connectivity index (χ1v) is 9.27. The van der Waals surface area contributed by atoms with Crippen molar-refractivity contribution in [2.24, 2.45) is 0 Å². The van der Waals surface area contributed by atoms with Crippen LogP contribution in [0.1, 0.15) is 18.9 Å². The second-order valence-electron chi connectivity index (χ2n) is 6.78. The third-order valence-corrected chi connectivity index (χ3v) is 4.89. The number of ether oxygens (including phenoxy) is 3. The molecule has 1 aliphatic heterocycles. The highest BCUT2D eigenvalue weighted by atomic mass is 16.7. The highest BCUT2D eigenvalue weighted by molar-refractivity contribution is 5.32. The van der Waals surface area contributed by atoms with Gasteiger partial charge in [-0.3, -0.25) is 0 Å². The molecule has 7 heteroatoms. The van der Waals surface area contributed by atoms with Crippen LogP contribution >= 0.6 is 0 Å². The van der Waals surface area contributed by atoms with Crippen LogP contribution in [0.4, 0.5) is 0 Å².